The number of benzene rings is 1. The summed E-state index contributed by atoms with van der Waals surface area (Å²) in [5.41, 5.74) is 2.03. The van der Waals surface area contributed by atoms with Crippen molar-refractivity contribution in [2.24, 2.45) is 0 Å². The van der Waals surface area contributed by atoms with Crippen molar-refractivity contribution in [3.8, 4) is 5.75 Å². The first-order valence-electron chi connectivity index (χ1n) is 7.46. The highest BCUT2D eigenvalue weighted by Gasteiger charge is 2.02. The Bertz CT molecular complexity index is 717. The largest absolute Gasteiger partial charge is 0.486 e. The van der Waals surface area contributed by atoms with Gasteiger partial charge in [0, 0.05) is 31.5 Å². The maximum absolute atomic E-state index is 5.72. The van der Waals surface area contributed by atoms with Gasteiger partial charge in [-0.1, -0.05) is 48.7 Å². The number of likely N-dealkylation sites (N-methyl/N-ethyl adjacent to an activating group) is 1. The van der Waals surface area contributed by atoms with Gasteiger partial charge in [-0.15, -0.1) is 0 Å². The summed E-state index contributed by atoms with van der Waals surface area (Å²) in [4.78, 5) is 5.38. The maximum atomic E-state index is 5.72. The van der Waals surface area contributed by atoms with Gasteiger partial charge in [-0.25, -0.2) is 0 Å². The molecule has 6 heteroatoms. The van der Waals surface area contributed by atoms with Gasteiger partial charge in [-0.2, -0.15) is 0 Å². The topological polar surface area (TPSA) is 46.2 Å². The Balaban J connectivity index is 1.93. The molecule has 1 aromatic carbocycles. The minimum absolute atomic E-state index is 0.348. The lowest BCUT2D eigenvalue weighted by Gasteiger charge is -2.10. The number of hydrogen-bond donors (Lipinski definition) is 2. The number of thiocarbonyl (C=S) groups is 2. The minimum Gasteiger partial charge on any atom is -0.486 e. The summed E-state index contributed by atoms with van der Waals surface area (Å²) in [5, 5.41) is 6.07. The summed E-state index contributed by atoms with van der Waals surface area (Å²) in [6, 6.07) is 11.7. The second-order valence-electron chi connectivity index (χ2n) is 4.91. The van der Waals surface area contributed by atoms with Gasteiger partial charge in [-0.05, 0) is 29.8 Å². The summed E-state index contributed by atoms with van der Waals surface area (Å²) in [6.07, 6.45) is 7.34. The highest BCUT2D eigenvalue weighted by atomic mass is 32.1. The number of ether oxygens (including phenoxy) is 1. The molecule has 0 saturated heterocycles. The number of nitrogens with one attached hydrogen (secondary N) is 2. The van der Waals surface area contributed by atoms with E-state index >= 15 is 0 Å². The van der Waals surface area contributed by atoms with Gasteiger partial charge in [-0.3, -0.25) is 4.98 Å². The number of rotatable bonds is 7. The average Bonchev–Trinajstić information content (AvgIpc) is 2.64. The molecule has 0 radical (unpaired) electrons. The third kappa shape index (κ3) is 6.06. The summed E-state index contributed by atoms with van der Waals surface area (Å²) >= 11 is 10.4. The summed E-state index contributed by atoms with van der Waals surface area (Å²) in [5.74, 6) is 0.765. The van der Waals surface area contributed by atoms with Gasteiger partial charge in [0.05, 0.1) is 4.99 Å². The summed E-state index contributed by atoms with van der Waals surface area (Å²) in [7, 11) is 1.78. The molecule has 0 fully saturated rings. The number of aromatic nitrogens is 1. The molecule has 2 rings (SSSR count). The van der Waals surface area contributed by atoms with E-state index in [0.29, 0.717) is 23.1 Å². The van der Waals surface area contributed by atoms with Gasteiger partial charge in [0.2, 0.25) is 0 Å². The van der Waals surface area contributed by atoms with Crippen LogP contribution in [0.15, 0.2) is 54.9 Å². The molecule has 0 aliphatic carbocycles. The van der Waals surface area contributed by atoms with Gasteiger partial charge in [0.1, 0.15) is 17.3 Å². The summed E-state index contributed by atoms with van der Waals surface area (Å²) < 4.78 is 5.72. The zero-order valence-electron chi connectivity index (χ0n) is 13.4. The lowest BCUT2D eigenvalue weighted by Crippen LogP contribution is -2.23. The molecule has 0 saturated carbocycles. The van der Waals surface area contributed by atoms with Crippen molar-refractivity contribution in [2.45, 2.75) is 6.54 Å². The van der Waals surface area contributed by atoms with Crippen molar-refractivity contribution in [2.75, 3.05) is 13.7 Å². The predicted molar refractivity (Wildman–Crippen MR) is 106 cm³/mol. The Hall–Kier alpha value is -2.31. The van der Waals surface area contributed by atoms with Crippen LogP contribution in [0.5, 0.6) is 5.75 Å². The third-order valence-corrected chi connectivity index (χ3v) is 3.76. The fraction of sp³-hybridized carbons (Fsp3) is 0.167. The number of pyridine rings is 1. The van der Waals surface area contributed by atoms with Crippen LogP contribution in [0.4, 0.5) is 0 Å². The van der Waals surface area contributed by atoms with E-state index in [-0.39, 0.29) is 0 Å². The van der Waals surface area contributed by atoms with E-state index < -0.39 is 0 Å². The Kier molecular flexibility index (Phi) is 7.32. The van der Waals surface area contributed by atoms with E-state index in [1.807, 2.05) is 54.7 Å². The monoisotopic (exact) mass is 357 g/mol. The molecule has 1 heterocycles. The van der Waals surface area contributed by atoms with Crippen molar-refractivity contribution < 1.29 is 4.74 Å². The Morgan fingerprint density at radius 2 is 2.04 bits per heavy atom. The van der Waals surface area contributed by atoms with Gasteiger partial charge in [0.15, 0.2) is 0 Å². The molecule has 24 heavy (non-hydrogen) atoms. The number of hydrogen-bond acceptors (Lipinski definition) is 4. The fourth-order valence-corrected chi connectivity index (χ4v) is 2.08. The fourth-order valence-electron chi connectivity index (χ4n) is 1.88. The molecule has 0 aliphatic heterocycles. The number of para-hydroxylation sites is 1. The Morgan fingerprint density at radius 3 is 2.79 bits per heavy atom. The summed E-state index contributed by atoms with van der Waals surface area (Å²) in [6.45, 7) is 0.992. The van der Waals surface area contributed by atoms with E-state index in [4.69, 9.17) is 29.2 Å². The normalized spacial score (nSPS) is 10.4. The van der Waals surface area contributed by atoms with E-state index in [2.05, 4.69) is 15.6 Å². The molecular formula is C18H19N3OS2. The van der Waals surface area contributed by atoms with E-state index in [9.17, 15) is 0 Å². The first kappa shape index (κ1) is 18.0. The van der Waals surface area contributed by atoms with Crippen molar-refractivity contribution >= 4 is 40.5 Å². The lowest BCUT2D eigenvalue weighted by molar-refractivity contribution is 0.375. The average molecular weight is 358 g/mol. The van der Waals surface area contributed by atoms with Crippen LogP contribution in [0.25, 0.3) is 6.08 Å². The van der Waals surface area contributed by atoms with E-state index in [1.54, 1.807) is 13.2 Å². The first-order valence-corrected chi connectivity index (χ1v) is 8.28. The smallest absolute Gasteiger partial charge is 0.138 e. The molecule has 0 atom stereocenters. The van der Waals surface area contributed by atoms with Crippen molar-refractivity contribution in [3.05, 3.63) is 66.0 Å². The number of nitrogens with zero attached hydrogens (tertiary/aromatic N) is 1. The van der Waals surface area contributed by atoms with Crippen LogP contribution in [0.2, 0.25) is 0 Å². The molecule has 0 amide bonds. The molecule has 2 aromatic rings. The van der Waals surface area contributed by atoms with Crippen LogP contribution >= 0.6 is 24.4 Å². The second-order valence-corrected chi connectivity index (χ2v) is 5.84. The van der Waals surface area contributed by atoms with Gasteiger partial charge >= 0.3 is 0 Å². The highest BCUT2D eigenvalue weighted by molar-refractivity contribution is 7.80. The molecule has 0 aliphatic rings. The lowest BCUT2D eigenvalue weighted by atomic mass is 10.2. The highest BCUT2D eigenvalue weighted by Crippen LogP contribution is 2.19. The quantitative estimate of drug-likeness (QED) is 0.586. The molecule has 2 N–H and O–H groups in total. The van der Waals surface area contributed by atoms with Crippen LogP contribution < -0.4 is 15.4 Å². The van der Waals surface area contributed by atoms with Crippen LogP contribution in [0, 0.1) is 0 Å². The molecular weight excluding hydrogens is 338 g/mol. The third-order valence-electron chi connectivity index (χ3n) is 3.16. The maximum Gasteiger partial charge on any atom is 0.138 e. The second kappa shape index (κ2) is 9.75. The van der Waals surface area contributed by atoms with Crippen LogP contribution in [-0.4, -0.2) is 28.6 Å². The predicted octanol–water partition coefficient (Wildman–Crippen LogP) is 3.14. The minimum atomic E-state index is 0.348. The molecule has 0 bridgehead atoms. The van der Waals surface area contributed by atoms with Crippen LogP contribution in [-0.2, 0) is 6.54 Å². The Morgan fingerprint density at radius 1 is 1.21 bits per heavy atom. The zero-order chi connectivity index (χ0) is 17.2. The van der Waals surface area contributed by atoms with Crippen molar-refractivity contribution in [3.63, 3.8) is 0 Å². The van der Waals surface area contributed by atoms with Crippen LogP contribution in [0.3, 0.4) is 0 Å². The van der Waals surface area contributed by atoms with E-state index in [1.165, 1.54) is 0 Å². The van der Waals surface area contributed by atoms with Gasteiger partial charge < -0.3 is 15.4 Å². The van der Waals surface area contributed by atoms with Crippen molar-refractivity contribution in [1.82, 2.24) is 15.6 Å². The van der Waals surface area contributed by atoms with Gasteiger partial charge in [0.25, 0.3) is 0 Å². The SMILES string of the molecule is CNC(=S)COc1ccccc1/C=C/C(=S)NCc1cccnc1. The standard InChI is InChI=1S/C18H19N3OS2/c1-19-18(24)13-22-16-7-3-2-6-15(16)8-9-17(23)21-12-14-5-4-10-20-11-14/h2-11H,12-13H2,1H3,(H,19,24)(H,21,23)/b9-8+. The molecule has 1 aromatic heterocycles. The molecule has 0 spiro atoms. The Labute approximate surface area is 153 Å². The zero-order valence-corrected chi connectivity index (χ0v) is 15.0. The molecule has 124 valence electrons. The van der Waals surface area contributed by atoms with Crippen LogP contribution in [0.1, 0.15) is 11.1 Å². The first-order chi connectivity index (χ1) is 11.7. The molecule has 4 nitrogen and oxygen atoms in total. The molecule has 0 unspecified atom stereocenters. The van der Waals surface area contributed by atoms with E-state index in [0.717, 1.165) is 16.9 Å². The van der Waals surface area contributed by atoms with Crippen molar-refractivity contribution in [1.29, 1.82) is 0 Å².